The molecule has 1 fully saturated rings. The molecule has 1 heterocycles. The number of carbonyl (C=O) groups excluding carboxylic acids is 1. The quantitative estimate of drug-likeness (QED) is 0.831. The summed E-state index contributed by atoms with van der Waals surface area (Å²) in [5, 5.41) is 6.32. The van der Waals surface area contributed by atoms with E-state index in [9.17, 15) is 4.79 Å². The van der Waals surface area contributed by atoms with Crippen LogP contribution in [0.4, 0.5) is 0 Å². The maximum atomic E-state index is 12.1. The van der Waals surface area contributed by atoms with Crippen LogP contribution in [0.15, 0.2) is 23.1 Å². The van der Waals surface area contributed by atoms with Crippen LogP contribution in [-0.2, 0) is 11.3 Å². The van der Waals surface area contributed by atoms with Gasteiger partial charge in [-0.2, -0.15) is 0 Å². The molecule has 1 aliphatic heterocycles. The number of amides is 1. The molecule has 0 aromatic heterocycles. The lowest BCUT2D eigenvalue weighted by Crippen LogP contribution is -2.46. The summed E-state index contributed by atoms with van der Waals surface area (Å²) < 4.78 is 0. The van der Waals surface area contributed by atoms with Gasteiger partial charge in [-0.15, -0.1) is 11.8 Å². The van der Waals surface area contributed by atoms with Gasteiger partial charge in [0.2, 0.25) is 5.91 Å². The summed E-state index contributed by atoms with van der Waals surface area (Å²) in [7, 11) is 0. The van der Waals surface area contributed by atoms with Crippen molar-refractivity contribution >= 4 is 17.7 Å². The Hall–Kier alpha value is -1.00. The molecule has 1 aromatic rings. The molecule has 4 heteroatoms. The molecule has 1 atom stereocenters. The van der Waals surface area contributed by atoms with Crippen LogP contribution in [0.2, 0.25) is 0 Å². The van der Waals surface area contributed by atoms with Gasteiger partial charge in [-0.1, -0.05) is 18.6 Å². The molecule has 0 radical (unpaired) electrons. The molecule has 0 aliphatic carbocycles. The third-order valence-corrected chi connectivity index (χ3v) is 4.34. The Bertz CT molecular complexity index is 442. The Balaban J connectivity index is 1.92. The van der Waals surface area contributed by atoms with Crippen molar-refractivity contribution in [3.05, 3.63) is 29.3 Å². The molecule has 2 rings (SSSR count). The zero-order chi connectivity index (χ0) is 13.7. The zero-order valence-corrected chi connectivity index (χ0v) is 12.5. The fourth-order valence-corrected chi connectivity index (χ4v) is 3.09. The molecule has 1 aliphatic rings. The van der Waals surface area contributed by atoms with E-state index in [4.69, 9.17) is 0 Å². The van der Waals surface area contributed by atoms with E-state index in [2.05, 4.69) is 42.0 Å². The second kappa shape index (κ2) is 6.96. The van der Waals surface area contributed by atoms with Crippen molar-refractivity contribution in [3.63, 3.8) is 0 Å². The van der Waals surface area contributed by atoms with Crippen LogP contribution in [0.3, 0.4) is 0 Å². The summed E-state index contributed by atoms with van der Waals surface area (Å²) in [5.41, 5.74) is 2.45. The second-order valence-electron chi connectivity index (χ2n) is 5.04. The van der Waals surface area contributed by atoms with E-state index in [0.717, 1.165) is 19.4 Å². The van der Waals surface area contributed by atoms with Gasteiger partial charge in [0.25, 0.3) is 0 Å². The molecular formula is C15H22N2OS. The van der Waals surface area contributed by atoms with Crippen LogP contribution in [0.5, 0.6) is 0 Å². The standard InChI is InChI=1S/C15H22N2OS/c1-11-6-7-12(14(9-11)19-2)10-17-15(18)13-5-3-4-8-16-13/h6-7,9,13,16H,3-5,8,10H2,1-2H3,(H,17,18). The molecule has 19 heavy (non-hydrogen) atoms. The van der Waals surface area contributed by atoms with E-state index < -0.39 is 0 Å². The number of carbonyl (C=O) groups is 1. The predicted octanol–water partition coefficient (Wildman–Crippen LogP) is 2.48. The Morgan fingerprint density at radius 1 is 1.47 bits per heavy atom. The van der Waals surface area contributed by atoms with E-state index in [-0.39, 0.29) is 11.9 Å². The molecule has 3 nitrogen and oxygen atoms in total. The molecule has 0 spiro atoms. The maximum Gasteiger partial charge on any atom is 0.237 e. The minimum Gasteiger partial charge on any atom is -0.351 e. The summed E-state index contributed by atoms with van der Waals surface area (Å²) in [4.78, 5) is 13.3. The number of rotatable bonds is 4. The summed E-state index contributed by atoms with van der Waals surface area (Å²) in [6.07, 6.45) is 5.35. The van der Waals surface area contributed by atoms with Crippen molar-refractivity contribution in [1.29, 1.82) is 0 Å². The lowest BCUT2D eigenvalue weighted by Gasteiger charge is -2.22. The highest BCUT2D eigenvalue weighted by Gasteiger charge is 2.20. The van der Waals surface area contributed by atoms with E-state index in [1.165, 1.54) is 22.4 Å². The normalized spacial score (nSPS) is 19.2. The second-order valence-corrected chi connectivity index (χ2v) is 5.88. The Morgan fingerprint density at radius 3 is 3.00 bits per heavy atom. The van der Waals surface area contributed by atoms with Gasteiger partial charge >= 0.3 is 0 Å². The molecule has 104 valence electrons. The van der Waals surface area contributed by atoms with Crippen LogP contribution < -0.4 is 10.6 Å². The van der Waals surface area contributed by atoms with Crippen molar-refractivity contribution in [2.75, 3.05) is 12.8 Å². The summed E-state index contributed by atoms with van der Waals surface area (Å²) in [6.45, 7) is 3.67. The largest absolute Gasteiger partial charge is 0.351 e. The van der Waals surface area contributed by atoms with Gasteiger partial charge < -0.3 is 10.6 Å². The number of aryl methyl sites for hydroxylation is 1. The van der Waals surface area contributed by atoms with Crippen LogP contribution >= 0.6 is 11.8 Å². The molecule has 0 saturated carbocycles. The first-order valence-electron chi connectivity index (χ1n) is 6.85. The average molecular weight is 278 g/mol. The van der Waals surface area contributed by atoms with Crippen molar-refractivity contribution in [2.24, 2.45) is 0 Å². The summed E-state index contributed by atoms with van der Waals surface area (Å²) in [5.74, 6) is 0.132. The minimum absolute atomic E-state index is 0.00284. The number of benzene rings is 1. The highest BCUT2D eigenvalue weighted by molar-refractivity contribution is 7.98. The molecule has 1 saturated heterocycles. The van der Waals surface area contributed by atoms with Gasteiger partial charge in [0.1, 0.15) is 0 Å². The maximum absolute atomic E-state index is 12.1. The third kappa shape index (κ3) is 3.98. The third-order valence-electron chi connectivity index (χ3n) is 3.52. The number of hydrogen-bond acceptors (Lipinski definition) is 3. The lowest BCUT2D eigenvalue weighted by atomic mass is 10.0. The highest BCUT2D eigenvalue weighted by atomic mass is 32.2. The fraction of sp³-hybridized carbons (Fsp3) is 0.533. The molecular weight excluding hydrogens is 256 g/mol. The SMILES string of the molecule is CSc1cc(C)ccc1CNC(=O)C1CCCCN1. The van der Waals surface area contributed by atoms with Crippen molar-refractivity contribution in [2.45, 2.75) is 43.7 Å². The smallest absolute Gasteiger partial charge is 0.237 e. The molecule has 2 N–H and O–H groups in total. The molecule has 1 aromatic carbocycles. The van der Waals surface area contributed by atoms with Crippen LogP contribution in [0, 0.1) is 6.92 Å². The molecule has 0 bridgehead atoms. The van der Waals surface area contributed by atoms with Crippen LogP contribution in [0.25, 0.3) is 0 Å². The number of hydrogen-bond donors (Lipinski definition) is 2. The highest BCUT2D eigenvalue weighted by Crippen LogP contribution is 2.21. The van der Waals surface area contributed by atoms with E-state index in [1.54, 1.807) is 11.8 Å². The van der Waals surface area contributed by atoms with E-state index in [0.29, 0.717) is 6.54 Å². The number of thioether (sulfide) groups is 1. The van der Waals surface area contributed by atoms with Gasteiger partial charge in [-0.3, -0.25) is 4.79 Å². The van der Waals surface area contributed by atoms with Gasteiger partial charge in [0, 0.05) is 11.4 Å². The van der Waals surface area contributed by atoms with E-state index >= 15 is 0 Å². The predicted molar refractivity (Wildman–Crippen MR) is 80.4 cm³/mol. The summed E-state index contributed by atoms with van der Waals surface area (Å²) in [6, 6.07) is 6.37. The first-order chi connectivity index (χ1) is 9.20. The monoisotopic (exact) mass is 278 g/mol. The first-order valence-corrected chi connectivity index (χ1v) is 8.08. The molecule has 1 unspecified atom stereocenters. The number of piperidine rings is 1. The first kappa shape index (κ1) is 14.4. The Labute approximate surface area is 119 Å². The lowest BCUT2D eigenvalue weighted by molar-refractivity contribution is -0.123. The molecule has 1 amide bonds. The van der Waals surface area contributed by atoms with Crippen molar-refractivity contribution in [1.82, 2.24) is 10.6 Å². The minimum atomic E-state index is -0.00284. The van der Waals surface area contributed by atoms with Crippen LogP contribution in [-0.4, -0.2) is 24.7 Å². The van der Waals surface area contributed by atoms with Crippen molar-refractivity contribution < 1.29 is 4.79 Å². The topological polar surface area (TPSA) is 41.1 Å². The Kier molecular flexibility index (Phi) is 5.28. The Morgan fingerprint density at radius 2 is 2.32 bits per heavy atom. The van der Waals surface area contributed by atoms with Gasteiger partial charge in [0.15, 0.2) is 0 Å². The van der Waals surface area contributed by atoms with Crippen molar-refractivity contribution in [3.8, 4) is 0 Å². The zero-order valence-electron chi connectivity index (χ0n) is 11.7. The van der Waals surface area contributed by atoms with Crippen LogP contribution in [0.1, 0.15) is 30.4 Å². The summed E-state index contributed by atoms with van der Waals surface area (Å²) >= 11 is 1.73. The van der Waals surface area contributed by atoms with E-state index in [1.807, 2.05) is 0 Å². The fourth-order valence-electron chi connectivity index (χ4n) is 2.38. The van der Waals surface area contributed by atoms with Gasteiger partial charge in [-0.05, 0) is 49.8 Å². The van der Waals surface area contributed by atoms with Gasteiger partial charge in [-0.25, -0.2) is 0 Å². The average Bonchev–Trinajstić information content (AvgIpc) is 2.46. The van der Waals surface area contributed by atoms with Gasteiger partial charge in [0.05, 0.1) is 6.04 Å². The number of nitrogens with one attached hydrogen (secondary N) is 2.